The summed E-state index contributed by atoms with van der Waals surface area (Å²) in [7, 11) is -2.38. The molecule has 0 N–H and O–H groups in total. The van der Waals surface area contributed by atoms with Gasteiger partial charge in [-0.1, -0.05) is 17.7 Å². The minimum Gasteiger partial charge on any atom is -0.469 e. The summed E-state index contributed by atoms with van der Waals surface area (Å²) in [5.41, 5.74) is 1.50. The third-order valence-corrected chi connectivity index (χ3v) is 4.56. The molecule has 0 saturated carbocycles. The van der Waals surface area contributed by atoms with Gasteiger partial charge in [0.05, 0.1) is 24.1 Å². The molecule has 1 aromatic heterocycles. The van der Waals surface area contributed by atoms with Crippen LogP contribution in [0.5, 0.6) is 0 Å². The molecule has 21 heavy (non-hydrogen) atoms. The van der Waals surface area contributed by atoms with Gasteiger partial charge in [0.2, 0.25) is 0 Å². The maximum atomic E-state index is 12.4. The van der Waals surface area contributed by atoms with Gasteiger partial charge in [0.25, 0.3) is 10.0 Å². The van der Waals surface area contributed by atoms with Crippen LogP contribution in [0.4, 0.5) is 0 Å². The topological polar surface area (TPSA) is 78.3 Å². The van der Waals surface area contributed by atoms with E-state index in [9.17, 15) is 13.2 Å². The van der Waals surface area contributed by atoms with Crippen molar-refractivity contribution in [3.05, 3.63) is 47.8 Å². The van der Waals surface area contributed by atoms with Crippen LogP contribution >= 0.6 is 0 Å². The molecule has 2 rings (SSSR count). The second-order valence-electron chi connectivity index (χ2n) is 4.57. The smallest absolute Gasteiger partial charge is 0.305 e. The van der Waals surface area contributed by atoms with E-state index in [1.54, 1.807) is 30.3 Å². The van der Waals surface area contributed by atoms with Gasteiger partial charge in [0.15, 0.2) is 0 Å². The van der Waals surface area contributed by atoms with Crippen molar-refractivity contribution in [3.8, 4) is 0 Å². The Morgan fingerprint density at radius 1 is 1.24 bits per heavy atom. The van der Waals surface area contributed by atoms with Crippen LogP contribution in [0, 0.1) is 6.92 Å². The number of methoxy groups -OCH3 is 1. The summed E-state index contributed by atoms with van der Waals surface area (Å²) < 4.78 is 30.2. The number of esters is 1. The normalized spacial score (nSPS) is 11.3. The average molecular weight is 308 g/mol. The van der Waals surface area contributed by atoms with Crippen molar-refractivity contribution in [1.29, 1.82) is 0 Å². The molecule has 1 heterocycles. The van der Waals surface area contributed by atoms with E-state index >= 15 is 0 Å². The Hall–Kier alpha value is -2.15. The molecule has 1 aromatic carbocycles. The zero-order chi connectivity index (χ0) is 15.5. The van der Waals surface area contributed by atoms with Gasteiger partial charge < -0.3 is 4.74 Å². The van der Waals surface area contributed by atoms with E-state index < -0.39 is 10.0 Å². The highest BCUT2D eigenvalue weighted by atomic mass is 32.2. The lowest BCUT2D eigenvalue weighted by Crippen LogP contribution is -2.14. The van der Waals surface area contributed by atoms with E-state index in [2.05, 4.69) is 9.84 Å². The van der Waals surface area contributed by atoms with Crippen LogP contribution in [-0.2, 0) is 26.0 Å². The van der Waals surface area contributed by atoms with Crippen LogP contribution in [0.25, 0.3) is 0 Å². The van der Waals surface area contributed by atoms with E-state index in [4.69, 9.17) is 0 Å². The standard InChI is InChI=1S/C14H16N2O4S/c1-11-3-6-13(7-4-11)21(18,19)16-10-9-12(15-16)5-8-14(17)20-2/h3-4,6-7,9-10H,5,8H2,1-2H3. The van der Waals surface area contributed by atoms with E-state index in [0.717, 1.165) is 9.65 Å². The molecular weight excluding hydrogens is 292 g/mol. The quantitative estimate of drug-likeness (QED) is 0.783. The number of hydrogen-bond donors (Lipinski definition) is 0. The molecule has 0 fully saturated rings. The molecular formula is C14H16N2O4S. The van der Waals surface area contributed by atoms with Crippen LogP contribution < -0.4 is 0 Å². The fraction of sp³-hybridized carbons (Fsp3) is 0.286. The number of carbonyl (C=O) groups is 1. The molecule has 0 bridgehead atoms. The van der Waals surface area contributed by atoms with Gasteiger partial charge >= 0.3 is 5.97 Å². The minimum atomic E-state index is -3.69. The number of rotatable bonds is 5. The Balaban J connectivity index is 2.20. The maximum Gasteiger partial charge on any atom is 0.305 e. The van der Waals surface area contributed by atoms with E-state index in [1.165, 1.54) is 13.3 Å². The first-order chi connectivity index (χ1) is 9.93. The van der Waals surface area contributed by atoms with Gasteiger partial charge in [0, 0.05) is 12.6 Å². The summed E-state index contributed by atoms with van der Waals surface area (Å²) in [5, 5.41) is 4.01. The van der Waals surface area contributed by atoms with Crippen LogP contribution in [-0.4, -0.2) is 30.7 Å². The lowest BCUT2D eigenvalue weighted by Gasteiger charge is -2.04. The molecule has 0 radical (unpaired) electrons. The highest BCUT2D eigenvalue weighted by Gasteiger charge is 2.18. The summed E-state index contributed by atoms with van der Waals surface area (Å²) >= 11 is 0. The monoisotopic (exact) mass is 308 g/mol. The lowest BCUT2D eigenvalue weighted by atomic mass is 10.2. The summed E-state index contributed by atoms with van der Waals surface area (Å²) in [6, 6.07) is 8.12. The Bertz CT molecular complexity index is 733. The Kier molecular flexibility index (Phi) is 4.42. The molecule has 0 spiro atoms. The predicted molar refractivity (Wildman–Crippen MR) is 76.3 cm³/mol. The number of nitrogens with zero attached hydrogens (tertiary/aromatic N) is 2. The number of aromatic nitrogens is 2. The van der Waals surface area contributed by atoms with Crippen LogP contribution in [0.2, 0.25) is 0 Å². The number of ether oxygens (including phenoxy) is 1. The van der Waals surface area contributed by atoms with Crippen molar-refractivity contribution in [2.24, 2.45) is 0 Å². The number of benzene rings is 1. The lowest BCUT2D eigenvalue weighted by molar-refractivity contribution is -0.140. The fourth-order valence-electron chi connectivity index (χ4n) is 1.76. The van der Waals surface area contributed by atoms with Crippen LogP contribution in [0.15, 0.2) is 41.4 Å². The van der Waals surface area contributed by atoms with Gasteiger partial charge in [-0.25, -0.2) is 0 Å². The molecule has 0 unspecified atom stereocenters. The average Bonchev–Trinajstić information content (AvgIpc) is 2.95. The minimum absolute atomic E-state index is 0.165. The zero-order valence-corrected chi connectivity index (χ0v) is 12.6. The molecule has 0 aliphatic carbocycles. The van der Waals surface area contributed by atoms with Crippen molar-refractivity contribution in [1.82, 2.24) is 9.19 Å². The van der Waals surface area contributed by atoms with E-state index in [0.29, 0.717) is 12.1 Å². The van der Waals surface area contributed by atoms with Gasteiger partial charge in [-0.05, 0) is 25.1 Å². The first-order valence-corrected chi connectivity index (χ1v) is 7.81. The van der Waals surface area contributed by atoms with Crippen molar-refractivity contribution in [2.45, 2.75) is 24.7 Å². The molecule has 112 valence electrons. The second-order valence-corrected chi connectivity index (χ2v) is 6.37. The molecule has 0 aliphatic rings. The van der Waals surface area contributed by atoms with Gasteiger partial charge in [-0.2, -0.15) is 17.6 Å². The Morgan fingerprint density at radius 3 is 2.52 bits per heavy atom. The molecule has 0 aliphatic heterocycles. The van der Waals surface area contributed by atoms with Gasteiger partial charge in [-0.3, -0.25) is 4.79 Å². The van der Waals surface area contributed by atoms with Crippen LogP contribution in [0.1, 0.15) is 17.7 Å². The third-order valence-electron chi connectivity index (χ3n) is 3.00. The highest BCUT2D eigenvalue weighted by Crippen LogP contribution is 2.14. The van der Waals surface area contributed by atoms with Crippen molar-refractivity contribution < 1.29 is 17.9 Å². The summed E-state index contributed by atoms with van der Waals surface area (Å²) in [5.74, 6) is -0.356. The molecule has 0 saturated heterocycles. The van der Waals surface area contributed by atoms with E-state index in [1.807, 2.05) is 6.92 Å². The summed E-state index contributed by atoms with van der Waals surface area (Å²) in [4.78, 5) is 11.2. The first-order valence-electron chi connectivity index (χ1n) is 6.37. The van der Waals surface area contributed by atoms with Crippen LogP contribution in [0.3, 0.4) is 0 Å². The largest absolute Gasteiger partial charge is 0.469 e. The van der Waals surface area contributed by atoms with Crippen molar-refractivity contribution >= 4 is 16.0 Å². The zero-order valence-electron chi connectivity index (χ0n) is 11.8. The molecule has 2 aromatic rings. The van der Waals surface area contributed by atoms with E-state index in [-0.39, 0.29) is 17.3 Å². The van der Waals surface area contributed by atoms with Gasteiger partial charge in [0.1, 0.15) is 0 Å². The second kappa shape index (κ2) is 6.09. The van der Waals surface area contributed by atoms with Gasteiger partial charge in [-0.15, -0.1) is 0 Å². The predicted octanol–water partition coefficient (Wildman–Crippen LogP) is 1.53. The summed E-state index contributed by atoms with van der Waals surface area (Å²) in [6.07, 6.45) is 1.88. The highest BCUT2D eigenvalue weighted by molar-refractivity contribution is 7.89. The van der Waals surface area contributed by atoms with Crippen molar-refractivity contribution in [2.75, 3.05) is 7.11 Å². The molecule has 7 heteroatoms. The number of hydrogen-bond acceptors (Lipinski definition) is 5. The number of aryl methyl sites for hydroxylation is 2. The molecule has 6 nitrogen and oxygen atoms in total. The maximum absolute atomic E-state index is 12.4. The summed E-state index contributed by atoms with van der Waals surface area (Å²) in [6.45, 7) is 1.88. The number of carbonyl (C=O) groups excluding carboxylic acids is 1. The first kappa shape index (κ1) is 15.2. The SMILES string of the molecule is COC(=O)CCc1ccn(S(=O)(=O)c2ccc(C)cc2)n1. The fourth-order valence-corrected chi connectivity index (χ4v) is 2.89. The Morgan fingerprint density at radius 2 is 1.90 bits per heavy atom. The molecule has 0 amide bonds. The van der Waals surface area contributed by atoms with Crippen molar-refractivity contribution in [3.63, 3.8) is 0 Å². The Labute approximate surface area is 123 Å². The molecule has 0 atom stereocenters. The third kappa shape index (κ3) is 3.49.